The van der Waals surface area contributed by atoms with Gasteiger partial charge in [-0.05, 0) is 36.8 Å². The summed E-state index contributed by atoms with van der Waals surface area (Å²) < 4.78 is 44.3. The zero-order valence-corrected chi connectivity index (χ0v) is 16.5. The maximum atomic E-state index is 13.0. The predicted octanol–water partition coefficient (Wildman–Crippen LogP) is 4.16. The number of alkyl halides is 3. The van der Waals surface area contributed by atoms with Crippen molar-refractivity contribution >= 4 is 23.2 Å². The molecule has 0 aromatic heterocycles. The van der Waals surface area contributed by atoms with Crippen LogP contribution >= 0.6 is 0 Å². The molecule has 11 heteroatoms. The Labute approximate surface area is 175 Å². The van der Waals surface area contributed by atoms with Crippen molar-refractivity contribution in [1.82, 2.24) is 5.32 Å². The molecule has 2 amide bonds. The van der Waals surface area contributed by atoms with Gasteiger partial charge in [-0.1, -0.05) is 6.92 Å². The smallest absolute Gasteiger partial charge is 0.416 e. The molecule has 0 heterocycles. The van der Waals surface area contributed by atoms with Crippen LogP contribution in [0.2, 0.25) is 0 Å². The van der Waals surface area contributed by atoms with E-state index in [1.807, 2.05) is 6.92 Å². The van der Waals surface area contributed by atoms with Crippen LogP contribution in [0.5, 0.6) is 5.75 Å². The van der Waals surface area contributed by atoms with Gasteiger partial charge < -0.3 is 15.4 Å². The van der Waals surface area contributed by atoms with Gasteiger partial charge in [-0.15, -0.1) is 0 Å². The normalized spacial score (nSPS) is 11.0. The summed E-state index contributed by atoms with van der Waals surface area (Å²) in [4.78, 5) is 34.2. The van der Waals surface area contributed by atoms with Gasteiger partial charge in [-0.25, -0.2) is 0 Å². The molecule has 8 nitrogen and oxygen atoms in total. The van der Waals surface area contributed by atoms with E-state index in [4.69, 9.17) is 4.74 Å². The minimum Gasteiger partial charge on any atom is -0.491 e. The number of amides is 2. The minimum absolute atomic E-state index is 0.0915. The molecule has 0 unspecified atom stereocenters. The van der Waals surface area contributed by atoms with Crippen LogP contribution in [0.4, 0.5) is 24.5 Å². The summed E-state index contributed by atoms with van der Waals surface area (Å²) >= 11 is 0. The first kappa shape index (κ1) is 23.6. The predicted molar refractivity (Wildman–Crippen MR) is 106 cm³/mol. The van der Waals surface area contributed by atoms with E-state index < -0.39 is 28.5 Å². The largest absolute Gasteiger partial charge is 0.491 e. The van der Waals surface area contributed by atoms with Crippen molar-refractivity contribution in [1.29, 1.82) is 0 Å². The maximum Gasteiger partial charge on any atom is 0.416 e. The third-order valence-electron chi connectivity index (χ3n) is 4.02. The second kappa shape index (κ2) is 10.4. The number of hydrogen-bond donors (Lipinski definition) is 2. The van der Waals surface area contributed by atoms with Crippen molar-refractivity contribution in [3.8, 4) is 5.75 Å². The molecule has 2 aromatic rings. The number of hydrogen-bond acceptors (Lipinski definition) is 5. The number of nitro groups is 1. The molecule has 0 saturated carbocycles. The van der Waals surface area contributed by atoms with Crippen LogP contribution in [-0.4, -0.2) is 29.9 Å². The average molecular weight is 439 g/mol. The third kappa shape index (κ3) is 6.98. The molecule has 0 aliphatic carbocycles. The highest BCUT2D eigenvalue weighted by Crippen LogP contribution is 2.35. The zero-order chi connectivity index (χ0) is 23.0. The highest BCUT2D eigenvalue weighted by atomic mass is 19.4. The number of nitro benzene ring substituents is 1. The van der Waals surface area contributed by atoms with Crippen LogP contribution < -0.4 is 15.4 Å². The molecule has 0 spiro atoms. The van der Waals surface area contributed by atoms with Gasteiger partial charge in [0.15, 0.2) is 0 Å². The van der Waals surface area contributed by atoms with Gasteiger partial charge in [0.1, 0.15) is 5.75 Å². The lowest BCUT2D eigenvalue weighted by atomic mass is 10.1. The van der Waals surface area contributed by atoms with E-state index in [0.29, 0.717) is 6.42 Å². The molecule has 0 saturated heterocycles. The van der Waals surface area contributed by atoms with Crippen molar-refractivity contribution in [2.45, 2.75) is 25.9 Å². The first-order valence-electron chi connectivity index (χ1n) is 9.28. The molecule has 166 valence electrons. The van der Waals surface area contributed by atoms with Gasteiger partial charge >= 0.3 is 6.18 Å². The molecule has 2 rings (SSSR count). The Morgan fingerprint density at radius 2 is 1.81 bits per heavy atom. The number of halogens is 3. The van der Waals surface area contributed by atoms with E-state index in [-0.39, 0.29) is 42.3 Å². The average Bonchev–Trinajstić information content (AvgIpc) is 2.72. The lowest BCUT2D eigenvalue weighted by Crippen LogP contribution is -2.27. The van der Waals surface area contributed by atoms with Crippen molar-refractivity contribution in [3.05, 3.63) is 63.7 Å². The highest BCUT2D eigenvalue weighted by molar-refractivity contribution is 5.95. The van der Waals surface area contributed by atoms with Gasteiger partial charge in [0.05, 0.1) is 22.8 Å². The molecule has 0 fully saturated rings. The highest BCUT2D eigenvalue weighted by Gasteiger charge is 2.31. The van der Waals surface area contributed by atoms with Crippen LogP contribution in [0.3, 0.4) is 0 Å². The van der Waals surface area contributed by atoms with Crippen LogP contribution in [0, 0.1) is 10.1 Å². The van der Waals surface area contributed by atoms with E-state index >= 15 is 0 Å². The third-order valence-corrected chi connectivity index (χ3v) is 4.02. The fourth-order valence-electron chi connectivity index (χ4n) is 2.48. The van der Waals surface area contributed by atoms with Crippen molar-refractivity contribution in [2.24, 2.45) is 0 Å². The number of carbonyl (C=O) groups is 2. The van der Waals surface area contributed by atoms with Crippen LogP contribution in [0.1, 0.15) is 35.7 Å². The fourth-order valence-corrected chi connectivity index (χ4v) is 2.48. The quantitative estimate of drug-likeness (QED) is 0.450. The molecule has 31 heavy (non-hydrogen) atoms. The van der Waals surface area contributed by atoms with Gasteiger partial charge in [0, 0.05) is 30.7 Å². The minimum atomic E-state index is -4.58. The summed E-state index contributed by atoms with van der Waals surface area (Å²) in [5.41, 5.74) is -1.05. The standard InChI is InChI=1S/C20H20F3N3O5/c1-2-11-31-17-8-5-14(20(21,22)23)12-16(17)25-18(27)9-10-24-19(28)13-3-6-15(7-4-13)26(29)30/h3-8,12H,2,9-11H2,1H3,(H,24,28)(H,25,27). The van der Waals surface area contributed by atoms with Crippen molar-refractivity contribution in [2.75, 3.05) is 18.5 Å². The number of nitrogens with zero attached hydrogens (tertiary/aromatic N) is 1. The number of nitrogens with one attached hydrogen (secondary N) is 2. The molecular formula is C20H20F3N3O5. The number of non-ortho nitro benzene ring substituents is 1. The number of benzene rings is 2. The number of rotatable bonds is 9. The summed E-state index contributed by atoms with van der Waals surface area (Å²) in [6, 6.07) is 7.69. The number of ether oxygens (including phenoxy) is 1. The Balaban J connectivity index is 1.96. The van der Waals surface area contributed by atoms with E-state index in [1.165, 1.54) is 24.3 Å². The van der Waals surface area contributed by atoms with E-state index in [1.54, 1.807) is 0 Å². The Hall–Kier alpha value is -3.63. The van der Waals surface area contributed by atoms with E-state index in [0.717, 1.165) is 18.2 Å². The lowest BCUT2D eigenvalue weighted by Gasteiger charge is -2.15. The first-order valence-corrected chi connectivity index (χ1v) is 9.28. The molecule has 0 atom stereocenters. The maximum absolute atomic E-state index is 13.0. The number of anilines is 1. The molecule has 2 N–H and O–H groups in total. The van der Waals surface area contributed by atoms with Crippen molar-refractivity contribution in [3.63, 3.8) is 0 Å². The number of carbonyl (C=O) groups excluding carboxylic acids is 2. The summed E-state index contributed by atoms with van der Waals surface area (Å²) in [7, 11) is 0. The second-order valence-electron chi connectivity index (χ2n) is 6.42. The molecule has 0 aliphatic heterocycles. The van der Waals surface area contributed by atoms with Crippen LogP contribution in [-0.2, 0) is 11.0 Å². The van der Waals surface area contributed by atoms with Gasteiger partial charge in [0.2, 0.25) is 5.91 Å². The topological polar surface area (TPSA) is 111 Å². The fraction of sp³-hybridized carbons (Fsp3) is 0.300. The monoisotopic (exact) mass is 439 g/mol. The Bertz CT molecular complexity index is 946. The van der Waals surface area contributed by atoms with Gasteiger partial charge in [0.25, 0.3) is 11.6 Å². The summed E-state index contributed by atoms with van der Waals surface area (Å²) in [5, 5.41) is 15.5. The first-order chi connectivity index (χ1) is 14.6. The summed E-state index contributed by atoms with van der Waals surface area (Å²) in [6.07, 6.45) is -4.16. The molecular weight excluding hydrogens is 419 g/mol. The van der Waals surface area contributed by atoms with Gasteiger partial charge in [-0.2, -0.15) is 13.2 Å². The van der Waals surface area contributed by atoms with E-state index in [2.05, 4.69) is 10.6 Å². The zero-order valence-electron chi connectivity index (χ0n) is 16.5. The molecule has 0 bridgehead atoms. The SMILES string of the molecule is CCCOc1ccc(C(F)(F)F)cc1NC(=O)CCNC(=O)c1ccc([N+](=O)[O-])cc1. The lowest BCUT2D eigenvalue weighted by molar-refractivity contribution is -0.384. The Morgan fingerprint density at radius 1 is 1.13 bits per heavy atom. The second-order valence-corrected chi connectivity index (χ2v) is 6.42. The van der Waals surface area contributed by atoms with Crippen LogP contribution in [0.25, 0.3) is 0 Å². The molecule has 2 aromatic carbocycles. The van der Waals surface area contributed by atoms with Crippen LogP contribution in [0.15, 0.2) is 42.5 Å². The Kier molecular flexibility index (Phi) is 7.94. The van der Waals surface area contributed by atoms with Crippen molar-refractivity contribution < 1.29 is 32.4 Å². The Morgan fingerprint density at radius 3 is 2.39 bits per heavy atom. The summed E-state index contributed by atoms with van der Waals surface area (Å²) in [5.74, 6) is -1.06. The van der Waals surface area contributed by atoms with E-state index in [9.17, 15) is 32.9 Å². The molecule has 0 radical (unpaired) electrons. The van der Waals surface area contributed by atoms with Gasteiger partial charge in [-0.3, -0.25) is 19.7 Å². The molecule has 0 aliphatic rings. The summed E-state index contributed by atoms with van der Waals surface area (Å²) in [6.45, 7) is 2.00.